The summed E-state index contributed by atoms with van der Waals surface area (Å²) in [5.41, 5.74) is -2.17. The molecular weight excluding hydrogens is 399 g/mol. The van der Waals surface area contributed by atoms with Gasteiger partial charge in [0, 0.05) is 24.1 Å². The van der Waals surface area contributed by atoms with Crippen molar-refractivity contribution in [1.82, 2.24) is 14.1 Å². The lowest BCUT2D eigenvalue weighted by atomic mass is 10.1. The third-order valence-electron chi connectivity index (χ3n) is 4.88. The average Bonchev–Trinajstić information content (AvgIpc) is 2.73. The summed E-state index contributed by atoms with van der Waals surface area (Å²) < 4.78 is 46.9. The van der Waals surface area contributed by atoms with Gasteiger partial charge in [-0.25, -0.2) is 9.36 Å². The van der Waals surface area contributed by atoms with E-state index in [2.05, 4.69) is 4.98 Å². The molecule has 0 aliphatic rings. The first kappa shape index (κ1) is 19.8. The number of aromatic nitrogens is 3. The summed E-state index contributed by atoms with van der Waals surface area (Å²) in [6.45, 7) is 0.206. The number of pyridine rings is 1. The quantitative estimate of drug-likeness (QED) is 0.513. The number of benzene rings is 2. The van der Waals surface area contributed by atoms with Crippen molar-refractivity contribution in [3.8, 4) is 5.69 Å². The third kappa shape index (κ3) is 3.26. The van der Waals surface area contributed by atoms with Crippen molar-refractivity contribution in [2.45, 2.75) is 12.7 Å². The summed E-state index contributed by atoms with van der Waals surface area (Å²) in [6.07, 6.45) is -1.69. The molecule has 0 aliphatic carbocycles. The fourth-order valence-corrected chi connectivity index (χ4v) is 3.44. The van der Waals surface area contributed by atoms with E-state index in [1.165, 1.54) is 17.9 Å². The number of hydrogen-bond acceptors (Lipinski definition) is 4. The maximum absolute atomic E-state index is 13.3. The molecule has 6 nitrogen and oxygen atoms in total. The Hall–Kier alpha value is -3.46. The molecule has 0 radical (unpaired) electrons. The molecule has 2 aromatic heterocycles. The first-order valence-electron chi connectivity index (χ1n) is 9.02. The molecule has 0 fully saturated rings. The van der Waals surface area contributed by atoms with E-state index in [0.717, 1.165) is 22.8 Å². The van der Waals surface area contributed by atoms with Crippen LogP contribution in [0.5, 0.6) is 0 Å². The van der Waals surface area contributed by atoms with Gasteiger partial charge in [-0.3, -0.25) is 14.3 Å². The SMILES string of the molecule is COCCn1c(=O)n(-c2cncc3ccccc23)c(=O)c2cc(C(F)(F)F)ccc21. The van der Waals surface area contributed by atoms with Gasteiger partial charge in [0.1, 0.15) is 0 Å². The van der Waals surface area contributed by atoms with E-state index in [0.29, 0.717) is 10.8 Å². The predicted molar refractivity (Wildman–Crippen MR) is 106 cm³/mol. The van der Waals surface area contributed by atoms with Gasteiger partial charge in [0.2, 0.25) is 0 Å². The van der Waals surface area contributed by atoms with Crippen LogP contribution < -0.4 is 11.2 Å². The van der Waals surface area contributed by atoms with Crippen LogP contribution >= 0.6 is 0 Å². The number of rotatable bonds is 4. The van der Waals surface area contributed by atoms with Gasteiger partial charge in [0.05, 0.1) is 41.5 Å². The van der Waals surface area contributed by atoms with Crippen molar-refractivity contribution in [2.24, 2.45) is 0 Å². The van der Waals surface area contributed by atoms with Crippen LogP contribution in [0.25, 0.3) is 27.4 Å². The molecule has 0 N–H and O–H groups in total. The van der Waals surface area contributed by atoms with Crippen molar-refractivity contribution in [3.05, 3.63) is 81.3 Å². The standard InChI is InChI=1S/C21H16F3N3O3/c1-30-9-8-26-17-7-6-14(21(22,23)24)10-16(17)19(28)27(20(26)29)18-12-25-11-13-4-2-3-5-15(13)18/h2-7,10-12H,8-9H2,1H3. The molecule has 0 saturated heterocycles. The molecule has 30 heavy (non-hydrogen) atoms. The average molecular weight is 415 g/mol. The molecular formula is C21H16F3N3O3. The van der Waals surface area contributed by atoms with E-state index in [1.54, 1.807) is 30.5 Å². The van der Waals surface area contributed by atoms with E-state index in [4.69, 9.17) is 4.74 Å². The van der Waals surface area contributed by atoms with Gasteiger partial charge in [0.25, 0.3) is 5.56 Å². The maximum Gasteiger partial charge on any atom is 0.416 e. The molecule has 0 bridgehead atoms. The van der Waals surface area contributed by atoms with E-state index in [-0.39, 0.29) is 29.7 Å². The van der Waals surface area contributed by atoms with Crippen molar-refractivity contribution < 1.29 is 17.9 Å². The van der Waals surface area contributed by atoms with Crippen molar-refractivity contribution in [2.75, 3.05) is 13.7 Å². The van der Waals surface area contributed by atoms with Gasteiger partial charge in [-0.1, -0.05) is 24.3 Å². The Morgan fingerprint density at radius 1 is 1.03 bits per heavy atom. The lowest BCUT2D eigenvalue weighted by molar-refractivity contribution is -0.137. The Labute approximate surface area is 167 Å². The number of methoxy groups -OCH3 is 1. The van der Waals surface area contributed by atoms with Crippen LogP contribution in [0.3, 0.4) is 0 Å². The molecule has 2 aromatic carbocycles. The molecule has 0 unspecified atom stereocenters. The van der Waals surface area contributed by atoms with Gasteiger partial charge in [-0.05, 0) is 18.2 Å². The van der Waals surface area contributed by atoms with Crippen LogP contribution in [-0.4, -0.2) is 27.8 Å². The van der Waals surface area contributed by atoms with E-state index >= 15 is 0 Å². The van der Waals surface area contributed by atoms with E-state index in [1.807, 2.05) is 0 Å². The van der Waals surface area contributed by atoms with Crippen LogP contribution in [0.4, 0.5) is 13.2 Å². The fourth-order valence-electron chi connectivity index (χ4n) is 3.44. The smallest absolute Gasteiger partial charge is 0.383 e. The molecule has 4 aromatic rings. The number of fused-ring (bicyclic) bond motifs is 2. The summed E-state index contributed by atoms with van der Waals surface area (Å²) in [4.78, 5) is 30.6. The molecule has 4 rings (SSSR count). The highest BCUT2D eigenvalue weighted by molar-refractivity contribution is 5.89. The molecule has 0 atom stereocenters. The monoisotopic (exact) mass is 415 g/mol. The first-order valence-corrected chi connectivity index (χ1v) is 9.02. The number of hydrogen-bond donors (Lipinski definition) is 0. The molecule has 154 valence electrons. The number of nitrogens with zero attached hydrogens (tertiary/aromatic N) is 3. The Kier molecular flexibility index (Phi) is 4.90. The highest BCUT2D eigenvalue weighted by Gasteiger charge is 2.31. The van der Waals surface area contributed by atoms with Crippen molar-refractivity contribution in [3.63, 3.8) is 0 Å². The van der Waals surface area contributed by atoms with Crippen LogP contribution in [0.15, 0.2) is 64.4 Å². The minimum atomic E-state index is -4.63. The minimum absolute atomic E-state index is 0.0652. The molecule has 0 saturated carbocycles. The second kappa shape index (κ2) is 7.42. The highest BCUT2D eigenvalue weighted by Crippen LogP contribution is 2.30. The van der Waals surface area contributed by atoms with Gasteiger partial charge in [-0.2, -0.15) is 13.2 Å². The largest absolute Gasteiger partial charge is 0.416 e. The zero-order chi connectivity index (χ0) is 21.5. The molecule has 0 amide bonds. The summed E-state index contributed by atoms with van der Waals surface area (Å²) in [6, 6.07) is 9.77. The van der Waals surface area contributed by atoms with Gasteiger partial charge in [-0.15, -0.1) is 0 Å². The summed E-state index contributed by atoms with van der Waals surface area (Å²) in [5, 5.41) is 1.05. The molecule has 0 aliphatic heterocycles. The van der Waals surface area contributed by atoms with Gasteiger partial charge >= 0.3 is 11.9 Å². The predicted octanol–water partition coefficient (Wildman–Crippen LogP) is 3.37. The lowest BCUT2D eigenvalue weighted by Gasteiger charge is -2.16. The van der Waals surface area contributed by atoms with Crippen LogP contribution in [0.1, 0.15) is 5.56 Å². The number of ether oxygens (including phenoxy) is 1. The zero-order valence-electron chi connectivity index (χ0n) is 15.8. The highest BCUT2D eigenvalue weighted by atomic mass is 19.4. The summed E-state index contributed by atoms with van der Waals surface area (Å²) in [7, 11) is 1.44. The summed E-state index contributed by atoms with van der Waals surface area (Å²) in [5.74, 6) is 0. The van der Waals surface area contributed by atoms with Gasteiger partial charge in [0.15, 0.2) is 0 Å². The Bertz CT molecular complexity index is 1370. The van der Waals surface area contributed by atoms with Crippen LogP contribution in [-0.2, 0) is 17.5 Å². The van der Waals surface area contributed by atoms with Crippen molar-refractivity contribution >= 4 is 21.7 Å². The topological polar surface area (TPSA) is 66.1 Å². The van der Waals surface area contributed by atoms with E-state index < -0.39 is 23.0 Å². The third-order valence-corrected chi connectivity index (χ3v) is 4.88. The number of halogens is 3. The second-order valence-corrected chi connectivity index (χ2v) is 6.68. The Balaban J connectivity index is 2.13. The molecule has 0 spiro atoms. The van der Waals surface area contributed by atoms with Crippen LogP contribution in [0.2, 0.25) is 0 Å². The normalized spacial score (nSPS) is 12.0. The number of alkyl halides is 3. The maximum atomic E-state index is 13.3. The zero-order valence-corrected chi connectivity index (χ0v) is 15.8. The molecule has 2 heterocycles. The minimum Gasteiger partial charge on any atom is -0.383 e. The Morgan fingerprint density at radius 2 is 1.80 bits per heavy atom. The first-order chi connectivity index (χ1) is 14.3. The lowest BCUT2D eigenvalue weighted by Crippen LogP contribution is -2.39. The second-order valence-electron chi connectivity index (χ2n) is 6.68. The summed E-state index contributed by atoms with van der Waals surface area (Å²) >= 11 is 0. The van der Waals surface area contributed by atoms with Crippen molar-refractivity contribution in [1.29, 1.82) is 0 Å². The fraction of sp³-hybridized carbons (Fsp3) is 0.190. The Morgan fingerprint density at radius 3 is 2.53 bits per heavy atom. The van der Waals surface area contributed by atoms with Gasteiger partial charge < -0.3 is 4.74 Å². The molecule has 9 heteroatoms. The van der Waals surface area contributed by atoms with Crippen LogP contribution in [0, 0.1) is 0 Å². The van der Waals surface area contributed by atoms with E-state index in [9.17, 15) is 22.8 Å².